The van der Waals surface area contributed by atoms with E-state index < -0.39 is 5.60 Å². The summed E-state index contributed by atoms with van der Waals surface area (Å²) in [6.07, 6.45) is 7.85. The van der Waals surface area contributed by atoms with E-state index >= 15 is 0 Å². The van der Waals surface area contributed by atoms with E-state index in [9.17, 15) is 5.11 Å². The van der Waals surface area contributed by atoms with Crippen molar-refractivity contribution in [3.05, 3.63) is 28.5 Å². The van der Waals surface area contributed by atoms with Gasteiger partial charge in [0.05, 0.1) is 5.60 Å². The van der Waals surface area contributed by atoms with Gasteiger partial charge in [0.25, 0.3) is 0 Å². The zero-order valence-electron chi connectivity index (χ0n) is 11.9. The summed E-state index contributed by atoms with van der Waals surface area (Å²) in [6.45, 7) is 4.59. The van der Waals surface area contributed by atoms with E-state index in [0.29, 0.717) is 6.42 Å². The maximum Gasteiger partial charge on any atom is 0.0703 e. The highest BCUT2D eigenvalue weighted by Gasteiger charge is 2.32. The first-order valence-corrected chi connectivity index (χ1v) is 8.11. The Labute approximate surface area is 124 Å². The van der Waals surface area contributed by atoms with Crippen molar-refractivity contribution in [1.82, 2.24) is 4.98 Å². The minimum absolute atomic E-state index is 0.551. The molecule has 2 nitrogen and oxygen atoms in total. The van der Waals surface area contributed by atoms with Crippen LogP contribution >= 0.6 is 15.9 Å². The number of hydrogen-bond donors (Lipinski definition) is 1. The first-order valence-electron chi connectivity index (χ1n) is 7.31. The van der Waals surface area contributed by atoms with Gasteiger partial charge in [-0.2, -0.15) is 0 Å². The van der Waals surface area contributed by atoms with Crippen molar-refractivity contribution >= 4 is 15.9 Å². The van der Waals surface area contributed by atoms with Gasteiger partial charge in [0.15, 0.2) is 0 Å². The molecular formula is C16H24BrNO. The molecule has 0 spiro atoms. The lowest BCUT2D eigenvalue weighted by molar-refractivity contribution is 0.0228. The second-order valence-corrected chi connectivity index (χ2v) is 7.22. The van der Waals surface area contributed by atoms with Crippen LogP contribution in [0.25, 0.3) is 0 Å². The van der Waals surface area contributed by atoms with E-state index in [-0.39, 0.29) is 0 Å². The molecule has 1 aromatic heterocycles. The maximum atomic E-state index is 10.8. The number of halogens is 1. The number of aromatic nitrogens is 1. The molecule has 0 aromatic carbocycles. The topological polar surface area (TPSA) is 33.1 Å². The Kier molecular flexibility index (Phi) is 5.02. The standard InChI is InChI=1S/C16H24BrNO/c1-12(2)13-4-3-8-16(19,9-7-13)10-15-6-5-14(17)11-18-15/h5-6,11-13,19H,3-4,7-10H2,1-2H3. The van der Waals surface area contributed by atoms with Gasteiger partial charge in [-0.05, 0) is 59.2 Å². The molecule has 0 saturated heterocycles. The van der Waals surface area contributed by atoms with Crippen LogP contribution in [0.3, 0.4) is 0 Å². The average molecular weight is 326 g/mol. The fraction of sp³-hybridized carbons (Fsp3) is 0.688. The molecule has 1 heterocycles. The van der Waals surface area contributed by atoms with Gasteiger partial charge in [-0.3, -0.25) is 4.98 Å². The maximum absolute atomic E-state index is 10.8. The molecule has 0 aliphatic heterocycles. The molecule has 1 aromatic rings. The smallest absolute Gasteiger partial charge is 0.0703 e. The predicted octanol–water partition coefficient (Wildman–Crippen LogP) is 4.35. The third-order valence-corrected chi connectivity index (χ3v) is 4.91. The summed E-state index contributed by atoms with van der Waals surface area (Å²) in [4.78, 5) is 4.40. The van der Waals surface area contributed by atoms with Gasteiger partial charge < -0.3 is 5.11 Å². The van der Waals surface area contributed by atoms with Crippen molar-refractivity contribution in [2.75, 3.05) is 0 Å². The average Bonchev–Trinajstić information content (AvgIpc) is 2.55. The number of aliphatic hydroxyl groups is 1. The van der Waals surface area contributed by atoms with Crippen LogP contribution in [0.2, 0.25) is 0 Å². The number of hydrogen-bond acceptors (Lipinski definition) is 2. The Bertz CT molecular complexity index is 404. The van der Waals surface area contributed by atoms with Gasteiger partial charge in [-0.15, -0.1) is 0 Å². The molecule has 1 N–H and O–H groups in total. The molecule has 3 heteroatoms. The van der Waals surface area contributed by atoms with E-state index in [4.69, 9.17) is 0 Å². The Hall–Kier alpha value is -0.410. The summed E-state index contributed by atoms with van der Waals surface area (Å²) >= 11 is 3.40. The van der Waals surface area contributed by atoms with Crippen LogP contribution in [0.4, 0.5) is 0 Å². The fourth-order valence-electron chi connectivity index (χ4n) is 3.11. The van der Waals surface area contributed by atoms with Crippen LogP contribution in [-0.4, -0.2) is 15.7 Å². The zero-order chi connectivity index (χ0) is 13.9. The van der Waals surface area contributed by atoms with Gasteiger partial charge >= 0.3 is 0 Å². The largest absolute Gasteiger partial charge is 0.389 e. The van der Waals surface area contributed by atoms with Crippen LogP contribution in [0.5, 0.6) is 0 Å². The predicted molar refractivity (Wildman–Crippen MR) is 82.0 cm³/mol. The van der Waals surface area contributed by atoms with Gasteiger partial charge in [-0.25, -0.2) is 0 Å². The molecule has 1 aliphatic carbocycles. The lowest BCUT2D eigenvalue weighted by atomic mass is 9.86. The van der Waals surface area contributed by atoms with Crippen LogP contribution in [0, 0.1) is 11.8 Å². The SMILES string of the molecule is CC(C)C1CCCC(O)(Cc2ccc(Br)cn2)CC1. The summed E-state index contributed by atoms with van der Waals surface area (Å²) in [6, 6.07) is 4.01. The number of pyridine rings is 1. The van der Waals surface area contributed by atoms with E-state index in [0.717, 1.165) is 47.7 Å². The highest BCUT2D eigenvalue weighted by molar-refractivity contribution is 9.10. The van der Waals surface area contributed by atoms with Gasteiger partial charge in [-0.1, -0.05) is 26.7 Å². The summed E-state index contributed by atoms with van der Waals surface area (Å²) in [5.74, 6) is 1.50. The Balaban J connectivity index is 2.00. The lowest BCUT2D eigenvalue weighted by Crippen LogP contribution is -2.31. The number of rotatable bonds is 3. The monoisotopic (exact) mass is 325 g/mol. The summed E-state index contributed by atoms with van der Waals surface area (Å²) in [5.41, 5.74) is 0.443. The van der Waals surface area contributed by atoms with Crippen molar-refractivity contribution < 1.29 is 5.11 Å². The van der Waals surface area contributed by atoms with Crippen LogP contribution in [0.15, 0.2) is 22.8 Å². The Morgan fingerprint density at radius 1 is 1.37 bits per heavy atom. The van der Waals surface area contributed by atoms with E-state index in [1.165, 1.54) is 6.42 Å². The molecule has 0 amide bonds. The first kappa shape index (κ1) is 15.0. The Morgan fingerprint density at radius 3 is 2.79 bits per heavy atom. The quantitative estimate of drug-likeness (QED) is 0.838. The summed E-state index contributed by atoms with van der Waals surface area (Å²) in [7, 11) is 0. The Morgan fingerprint density at radius 2 is 2.16 bits per heavy atom. The third-order valence-electron chi connectivity index (χ3n) is 4.44. The second-order valence-electron chi connectivity index (χ2n) is 6.30. The molecule has 2 unspecified atom stereocenters. The molecule has 1 aliphatic rings. The van der Waals surface area contributed by atoms with Crippen molar-refractivity contribution in [2.24, 2.45) is 11.8 Å². The summed E-state index contributed by atoms with van der Waals surface area (Å²) in [5, 5.41) is 10.8. The van der Waals surface area contributed by atoms with Crippen LogP contribution in [-0.2, 0) is 6.42 Å². The van der Waals surface area contributed by atoms with Crippen molar-refractivity contribution in [2.45, 2.75) is 58.0 Å². The van der Waals surface area contributed by atoms with Gasteiger partial charge in [0.1, 0.15) is 0 Å². The van der Waals surface area contributed by atoms with Crippen molar-refractivity contribution in [3.63, 3.8) is 0 Å². The number of nitrogens with zero attached hydrogens (tertiary/aromatic N) is 1. The molecule has 1 saturated carbocycles. The van der Waals surface area contributed by atoms with Crippen LogP contribution in [0.1, 0.15) is 51.6 Å². The molecule has 2 atom stereocenters. The molecular weight excluding hydrogens is 302 g/mol. The normalized spacial score (nSPS) is 28.4. The minimum Gasteiger partial charge on any atom is -0.389 e. The van der Waals surface area contributed by atoms with Gasteiger partial charge in [0.2, 0.25) is 0 Å². The first-order chi connectivity index (χ1) is 8.98. The van der Waals surface area contributed by atoms with Gasteiger partial charge in [0, 0.05) is 22.8 Å². The zero-order valence-corrected chi connectivity index (χ0v) is 13.5. The van der Waals surface area contributed by atoms with Crippen molar-refractivity contribution in [3.8, 4) is 0 Å². The second kappa shape index (κ2) is 6.36. The molecule has 2 rings (SSSR count). The third kappa shape index (κ3) is 4.28. The molecule has 19 heavy (non-hydrogen) atoms. The van der Waals surface area contributed by atoms with Crippen molar-refractivity contribution in [1.29, 1.82) is 0 Å². The molecule has 1 fully saturated rings. The summed E-state index contributed by atoms with van der Waals surface area (Å²) < 4.78 is 0.990. The van der Waals surface area contributed by atoms with E-state index in [1.54, 1.807) is 0 Å². The van der Waals surface area contributed by atoms with Crippen LogP contribution < -0.4 is 0 Å². The lowest BCUT2D eigenvalue weighted by Gasteiger charge is -2.26. The highest BCUT2D eigenvalue weighted by atomic mass is 79.9. The van der Waals surface area contributed by atoms with E-state index in [1.807, 2.05) is 18.3 Å². The fourth-order valence-corrected chi connectivity index (χ4v) is 3.34. The highest BCUT2D eigenvalue weighted by Crippen LogP contribution is 2.35. The van der Waals surface area contributed by atoms with E-state index in [2.05, 4.69) is 34.8 Å². The molecule has 0 radical (unpaired) electrons. The minimum atomic E-state index is -0.551. The molecule has 106 valence electrons. The molecule has 0 bridgehead atoms.